The van der Waals surface area contributed by atoms with Crippen molar-refractivity contribution in [2.45, 2.75) is 32.6 Å². The molecule has 2 rings (SSSR count). The zero-order valence-electron chi connectivity index (χ0n) is 13.5. The first-order valence-corrected chi connectivity index (χ1v) is 8.56. The van der Waals surface area contributed by atoms with Gasteiger partial charge in [0.25, 0.3) is 10.0 Å². The van der Waals surface area contributed by atoms with Crippen molar-refractivity contribution < 1.29 is 22.7 Å². The minimum atomic E-state index is -3.91. The van der Waals surface area contributed by atoms with Crippen LogP contribution in [-0.2, 0) is 10.0 Å². The Hall–Kier alpha value is -2.28. The monoisotopic (exact) mass is 337 g/mol. The molecule has 124 valence electrons. The van der Waals surface area contributed by atoms with Crippen molar-refractivity contribution in [1.29, 1.82) is 0 Å². The molecular weight excluding hydrogens is 318 g/mol. The van der Waals surface area contributed by atoms with Crippen LogP contribution < -0.4 is 4.31 Å². The lowest BCUT2D eigenvalue weighted by molar-refractivity contribution is 0.0661. The van der Waals surface area contributed by atoms with Crippen molar-refractivity contribution >= 4 is 21.7 Å². The summed E-state index contributed by atoms with van der Waals surface area (Å²) in [6.45, 7) is 7.11. The van der Waals surface area contributed by atoms with Crippen molar-refractivity contribution in [3.05, 3.63) is 46.9 Å². The Morgan fingerprint density at radius 3 is 2.39 bits per heavy atom. The highest BCUT2D eigenvalue weighted by Crippen LogP contribution is 2.30. The summed E-state index contributed by atoms with van der Waals surface area (Å²) in [5, 5.41) is 8.98. The number of rotatable bonds is 5. The van der Waals surface area contributed by atoms with Gasteiger partial charge in [0.1, 0.15) is 10.7 Å². The number of carboxylic acids is 1. The lowest BCUT2D eigenvalue weighted by atomic mass is 10.1. The Kier molecular flexibility index (Phi) is 4.51. The molecule has 1 aromatic carbocycles. The van der Waals surface area contributed by atoms with Gasteiger partial charge in [0, 0.05) is 12.6 Å². The number of sulfonamides is 1. The molecule has 0 amide bonds. The summed E-state index contributed by atoms with van der Waals surface area (Å²) in [4.78, 5) is 10.9. The van der Waals surface area contributed by atoms with Crippen LogP contribution in [0.15, 0.2) is 33.6 Å². The number of carboxylic acid groups (broad SMARTS) is 1. The van der Waals surface area contributed by atoms with Crippen LogP contribution >= 0.6 is 0 Å². The van der Waals surface area contributed by atoms with Crippen molar-refractivity contribution in [2.24, 2.45) is 0 Å². The summed E-state index contributed by atoms with van der Waals surface area (Å²) in [6.07, 6.45) is 0. The molecule has 0 aliphatic rings. The molecule has 1 heterocycles. The van der Waals surface area contributed by atoms with Crippen molar-refractivity contribution in [3.63, 3.8) is 0 Å². The Morgan fingerprint density at radius 2 is 1.87 bits per heavy atom. The van der Waals surface area contributed by atoms with Gasteiger partial charge in [-0.2, -0.15) is 0 Å². The predicted molar refractivity (Wildman–Crippen MR) is 86.5 cm³/mol. The van der Waals surface area contributed by atoms with E-state index in [4.69, 9.17) is 9.52 Å². The number of hydrogen-bond acceptors (Lipinski definition) is 4. The molecule has 0 aliphatic carbocycles. The van der Waals surface area contributed by atoms with E-state index >= 15 is 0 Å². The number of carbonyl (C=O) groups is 1. The molecule has 6 nitrogen and oxygen atoms in total. The molecule has 0 unspecified atom stereocenters. The van der Waals surface area contributed by atoms with E-state index in [2.05, 4.69) is 0 Å². The van der Waals surface area contributed by atoms with E-state index in [9.17, 15) is 13.2 Å². The van der Waals surface area contributed by atoms with Gasteiger partial charge in [0.2, 0.25) is 5.76 Å². The topological polar surface area (TPSA) is 87.8 Å². The van der Waals surface area contributed by atoms with E-state index in [1.54, 1.807) is 13.0 Å². The van der Waals surface area contributed by atoms with Crippen LogP contribution in [-0.4, -0.2) is 26.0 Å². The fourth-order valence-corrected chi connectivity index (χ4v) is 4.10. The molecule has 0 aliphatic heterocycles. The van der Waals surface area contributed by atoms with Gasteiger partial charge in [-0.25, -0.2) is 13.2 Å². The molecule has 2 aromatic rings. The lowest BCUT2D eigenvalue weighted by Gasteiger charge is -2.24. The van der Waals surface area contributed by atoms with Gasteiger partial charge in [-0.05, 0) is 44.9 Å². The van der Waals surface area contributed by atoms with Crippen LogP contribution in [0.1, 0.15) is 34.4 Å². The normalized spacial score (nSPS) is 11.5. The maximum atomic E-state index is 13.0. The van der Waals surface area contributed by atoms with Gasteiger partial charge in [-0.1, -0.05) is 12.1 Å². The third-order valence-electron chi connectivity index (χ3n) is 3.57. The number of benzene rings is 1. The molecule has 7 heteroatoms. The number of nitrogens with zero attached hydrogens (tertiary/aromatic N) is 1. The zero-order chi connectivity index (χ0) is 17.4. The van der Waals surface area contributed by atoms with Crippen LogP contribution in [0.5, 0.6) is 0 Å². The van der Waals surface area contributed by atoms with Crippen molar-refractivity contribution in [2.75, 3.05) is 10.8 Å². The summed E-state index contributed by atoms with van der Waals surface area (Å²) in [7, 11) is -3.91. The Morgan fingerprint density at radius 1 is 1.22 bits per heavy atom. The Bertz CT molecular complexity index is 851. The SMILES string of the molecule is CCN(c1cc(C)ccc1C)S(=O)(=O)c1cc(C(=O)O)oc1C. The molecule has 0 saturated heterocycles. The molecule has 1 aromatic heterocycles. The maximum absolute atomic E-state index is 13.0. The van der Waals surface area contributed by atoms with E-state index in [0.29, 0.717) is 5.69 Å². The summed E-state index contributed by atoms with van der Waals surface area (Å²) >= 11 is 0. The molecular formula is C16H19NO5S. The number of anilines is 1. The Balaban J connectivity index is 2.60. The molecule has 0 spiro atoms. The van der Waals surface area contributed by atoms with E-state index in [1.165, 1.54) is 11.2 Å². The van der Waals surface area contributed by atoms with Gasteiger partial charge in [-0.3, -0.25) is 4.31 Å². The molecule has 1 N–H and O–H groups in total. The van der Waals surface area contributed by atoms with Crippen molar-refractivity contribution in [1.82, 2.24) is 0 Å². The van der Waals surface area contributed by atoms with Crippen LogP contribution in [0.4, 0.5) is 5.69 Å². The minimum absolute atomic E-state index is 0.0613. The fourth-order valence-electron chi connectivity index (χ4n) is 2.40. The first-order chi connectivity index (χ1) is 10.7. The van der Waals surface area contributed by atoms with Gasteiger partial charge in [0.15, 0.2) is 0 Å². The third-order valence-corrected chi connectivity index (χ3v) is 5.57. The summed E-state index contributed by atoms with van der Waals surface area (Å²) in [5.41, 5.74) is 2.33. The number of aromatic carboxylic acids is 1. The van der Waals surface area contributed by atoms with Crippen LogP contribution in [0.25, 0.3) is 0 Å². The summed E-state index contributed by atoms with van der Waals surface area (Å²) < 4.78 is 32.2. The smallest absolute Gasteiger partial charge is 0.371 e. The van der Waals surface area contributed by atoms with E-state index in [-0.39, 0.29) is 17.2 Å². The molecule has 0 saturated carbocycles. The average Bonchev–Trinajstić information content (AvgIpc) is 2.86. The highest BCUT2D eigenvalue weighted by molar-refractivity contribution is 7.92. The van der Waals surface area contributed by atoms with Crippen LogP contribution in [0, 0.1) is 20.8 Å². The standard InChI is InChI=1S/C16H19NO5S/c1-5-17(13-8-10(2)6-7-11(13)3)23(20,21)15-9-14(16(18)19)22-12(15)4/h6-9H,5H2,1-4H3,(H,18,19). The maximum Gasteiger partial charge on any atom is 0.371 e. The molecule has 0 fully saturated rings. The minimum Gasteiger partial charge on any atom is -0.475 e. The quantitative estimate of drug-likeness (QED) is 0.905. The summed E-state index contributed by atoms with van der Waals surface area (Å²) in [5.74, 6) is -1.63. The number of aryl methyl sites for hydroxylation is 3. The number of hydrogen-bond donors (Lipinski definition) is 1. The average molecular weight is 337 g/mol. The molecule has 0 radical (unpaired) electrons. The van der Waals surface area contributed by atoms with Gasteiger partial charge >= 0.3 is 5.97 Å². The first kappa shape index (κ1) is 17.1. The Labute approximate surface area is 135 Å². The van der Waals surface area contributed by atoms with Crippen molar-refractivity contribution in [3.8, 4) is 0 Å². The predicted octanol–water partition coefficient (Wildman–Crippen LogP) is 3.12. The van der Waals surface area contributed by atoms with E-state index in [0.717, 1.165) is 17.2 Å². The fraction of sp³-hybridized carbons (Fsp3) is 0.312. The molecule has 0 atom stereocenters. The third kappa shape index (κ3) is 3.10. The zero-order valence-corrected chi connectivity index (χ0v) is 14.3. The van der Waals surface area contributed by atoms with E-state index in [1.807, 2.05) is 26.0 Å². The largest absolute Gasteiger partial charge is 0.475 e. The highest BCUT2D eigenvalue weighted by Gasteiger charge is 2.30. The first-order valence-electron chi connectivity index (χ1n) is 7.12. The second-order valence-electron chi connectivity index (χ2n) is 5.30. The summed E-state index contributed by atoms with van der Waals surface area (Å²) in [6, 6.07) is 6.61. The van der Waals surface area contributed by atoms with Gasteiger partial charge in [0.05, 0.1) is 5.69 Å². The van der Waals surface area contributed by atoms with Crippen LogP contribution in [0.2, 0.25) is 0 Å². The van der Waals surface area contributed by atoms with Gasteiger partial charge in [-0.15, -0.1) is 0 Å². The lowest BCUT2D eigenvalue weighted by Crippen LogP contribution is -2.31. The highest BCUT2D eigenvalue weighted by atomic mass is 32.2. The number of furan rings is 1. The van der Waals surface area contributed by atoms with Crippen LogP contribution in [0.3, 0.4) is 0 Å². The van der Waals surface area contributed by atoms with E-state index < -0.39 is 21.8 Å². The molecule has 23 heavy (non-hydrogen) atoms. The van der Waals surface area contributed by atoms with Gasteiger partial charge < -0.3 is 9.52 Å². The molecule has 0 bridgehead atoms. The second-order valence-corrected chi connectivity index (χ2v) is 7.13. The second kappa shape index (κ2) is 6.08.